The van der Waals surface area contributed by atoms with Gasteiger partial charge in [-0.15, -0.1) is 11.3 Å². The number of hydrogen-bond acceptors (Lipinski definition) is 6. The van der Waals surface area contributed by atoms with Crippen LogP contribution in [-0.4, -0.2) is 34.7 Å². The highest BCUT2D eigenvalue weighted by Crippen LogP contribution is 2.37. The summed E-state index contributed by atoms with van der Waals surface area (Å²) in [4.78, 5) is 20.6. The van der Waals surface area contributed by atoms with Crippen LogP contribution in [0.25, 0.3) is 17.0 Å². The molecule has 0 saturated heterocycles. The van der Waals surface area contributed by atoms with E-state index in [1.807, 2.05) is 48.7 Å². The molecule has 2 amide bonds. The molecule has 9 heteroatoms. The number of nitrogens with zero attached hydrogens (tertiary/aromatic N) is 3. The van der Waals surface area contributed by atoms with Crippen LogP contribution in [0.3, 0.4) is 0 Å². The summed E-state index contributed by atoms with van der Waals surface area (Å²) in [7, 11) is 1.61. The third-order valence-corrected chi connectivity index (χ3v) is 6.90. The first-order valence-electron chi connectivity index (χ1n) is 11.1. The average Bonchev–Trinajstić information content (AvgIpc) is 3.57. The minimum Gasteiger partial charge on any atom is -0.497 e. The molecule has 0 spiro atoms. The van der Waals surface area contributed by atoms with Crippen molar-refractivity contribution >= 4 is 22.9 Å². The number of allylic oxidation sites excluding steroid dienone is 1. The normalized spacial score (nSPS) is 15.9. The predicted molar refractivity (Wildman–Crippen MR) is 131 cm³/mol. The smallest absolute Gasteiger partial charge is 0.322 e. The number of amides is 2. The van der Waals surface area contributed by atoms with Crippen molar-refractivity contribution in [2.75, 3.05) is 13.7 Å². The largest absolute Gasteiger partial charge is 0.497 e. The van der Waals surface area contributed by atoms with E-state index in [-0.39, 0.29) is 11.8 Å². The van der Waals surface area contributed by atoms with E-state index in [2.05, 4.69) is 15.5 Å². The zero-order valence-electron chi connectivity index (χ0n) is 19.2. The Balaban J connectivity index is 1.53. The molecule has 7 nitrogen and oxygen atoms in total. The lowest BCUT2D eigenvalue weighted by molar-refractivity contribution is 0.205. The molecule has 1 aliphatic heterocycles. The van der Waals surface area contributed by atoms with E-state index < -0.39 is 6.04 Å². The fourth-order valence-corrected chi connectivity index (χ4v) is 4.80. The Morgan fingerprint density at radius 2 is 1.91 bits per heavy atom. The van der Waals surface area contributed by atoms with Crippen LogP contribution in [0.4, 0.5) is 9.18 Å². The number of urea groups is 1. The van der Waals surface area contributed by atoms with Crippen LogP contribution in [0.1, 0.15) is 29.3 Å². The number of aromatic nitrogens is 2. The Kier molecular flexibility index (Phi) is 6.33. The van der Waals surface area contributed by atoms with Crippen LogP contribution in [0.5, 0.6) is 5.75 Å². The van der Waals surface area contributed by atoms with Crippen molar-refractivity contribution in [1.29, 1.82) is 0 Å². The van der Waals surface area contributed by atoms with E-state index in [9.17, 15) is 9.18 Å². The SMILES string of the molecule is COc1ccc(-c2noc(C3=C(C)N(CCc4cccs4)C(=O)NC3c3ccc(F)cc3)n2)cc1. The molecule has 1 unspecified atom stereocenters. The van der Waals surface area contributed by atoms with Crippen molar-refractivity contribution < 1.29 is 18.4 Å². The van der Waals surface area contributed by atoms with Crippen molar-refractivity contribution in [3.63, 3.8) is 0 Å². The van der Waals surface area contributed by atoms with E-state index in [1.165, 1.54) is 17.0 Å². The maximum absolute atomic E-state index is 13.6. The van der Waals surface area contributed by atoms with Gasteiger partial charge in [0.1, 0.15) is 11.6 Å². The number of rotatable bonds is 7. The predicted octanol–water partition coefficient (Wildman–Crippen LogP) is 5.69. The number of ether oxygens (including phenoxy) is 1. The second-order valence-corrected chi connectivity index (χ2v) is 9.10. The van der Waals surface area contributed by atoms with E-state index in [0.717, 1.165) is 23.3 Å². The number of benzene rings is 2. The Morgan fingerprint density at radius 3 is 2.60 bits per heavy atom. The molecule has 0 fully saturated rings. The zero-order chi connectivity index (χ0) is 24.4. The zero-order valence-corrected chi connectivity index (χ0v) is 20.0. The monoisotopic (exact) mass is 490 g/mol. The van der Waals surface area contributed by atoms with Gasteiger partial charge in [-0.1, -0.05) is 23.4 Å². The summed E-state index contributed by atoms with van der Waals surface area (Å²) in [6.45, 7) is 2.37. The number of carbonyl (C=O) groups is 1. The summed E-state index contributed by atoms with van der Waals surface area (Å²) in [5.41, 5.74) is 2.88. The van der Waals surface area contributed by atoms with Crippen LogP contribution >= 0.6 is 11.3 Å². The van der Waals surface area contributed by atoms with E-state index in [0.29, 0.717) is 29.5 Å². The third-order valence-electron chi connectivity index (χ3n) is 5.97. The molecule has 1 N–H and O–H groups in total. The maximum atomic E-state index is 13.6. The van der Waals surface area contributed by atoms with Crippen LogP contribution in [0, 0.1) is 5.82 Å². The minimum atomic E-state index is -0.565. The third kappa shape index (κ3) is 4.67. The molecule has 0 radical (unpaired) electrons. The van der Waals surface area contributed by atoms with E-state index in [1.54, 1.807) is 35.5 Å². The fourth-order valence-electron chi connectivity index (χ4n) is 4.10. The van der Waals surface area contributed by atoms with Crippen LogP contribution in [0.2, 0.25) is 0 Å². The van der Waals surface area contributed by atoms with Crippen LogP contribution < -0.4 is 10.1 Å². The molecule has 1 aliphatic rings. The Bertz CT molecular complexity index is 1350. The van der Waals surface area contributed by atoms with Gasteiger partial charge in [0.2, 0.25) is 5.82 Å². The molecule has 5 rings (SSSR count). The fraction of sp³-hybridized carbons (Fsp3) is 0.192. The highest BCUT2D eigenvalue weighted by Gasteiger charge is 2.35. The quantitative estimate of drug-likeness (QED) is 0.360. The lowest BCUT2D eigenvalue weighted by atomic mass is 9.94. The van der Waals surface area contributed by atoms with Crippen LogP contribution in [0.15, 0.2) is 76.3 Å². The van der Waals surface area contributed by atoms with Crippen molar-refractivity contribution in [1.82, 2.24) is 20.4 Å². The van der Waals surface area contributed by atoms with Crippen molar-refractivity contribution in [3.8, 4) is 17.1 Å². The van der Waals surface area contributed by atoms with Crippen molar-refractivity contribution in [2.24, 2.45) is 0 Å². The Morgan fingerprint density at radius 1 is 1.14 bits per heavy atom. The van der Waals surface area contributed by atoms with Gasteiger partial charge in [0, 0.05) is 22.7 Å². The molecule has 0 bridgehead atoms. The molecule has 178 valence electrons. The van der Waals surface area contributed by atoms with Gasteiger partial charge in [0.15, 0.2) is 0 Å². The Labute approximate surface area is 205 Å². The van der Waals surface area contributed by atoms with Crippen molar-refractivity contribution in [2.45, 2.75) is 19.4 Å². The molecular formula is C26H23FN4O3S. The second-order valence-electron chi connectivity index (χ2n) is 8.07. The highest BCUT2D eigenvalue weighted by molar-refractivity contribution is 7.09. The van der Waals surface area contributed by atoms with Gasteiger partial charge >= 0.3 is 6.03 Å². The molecule has 0 aliphatic carbocycles. The standard InChI is InChI=1S/C26H23FN4O3S/c1-16-22(25-29-24(30-34-25)18-7-11-20(33-2)12-8-18)23(17-5-9-19(27)10-6-17)28-26(32)31(16)14-13-21-4-3-15-35-21/h3-12,15,23H,13-14H2,1-2H3,(H,28,32). The van der Waals surface area contributed by atoms with Gasteiger partial charge in [0.25, 0.3) is 5.89 Å². The van der Waals surface area contributed by atoms with Gasteiger partial charge in [-0.05, 0) is 66.8 Å². The topological polar surface area (TPSA) is 80.5 Å². The Hall–Kier alpha value is -3.98. The summed E-state index contributed by atoms with van der Waals surface area (Å²) in [6, 6.07) is 16.6. The number of hydrogen-bond donors (Lipinski definition) is 1. The van der Waals surface area contributed by atoms with Gasteiger partial charge < -0.3 is 14.6 Å². The lowest BCUT2D eigenvalue weighted by Gasteiger charge is -2.35. The van der Waals surface area contributed by atoms with Gasteiger partial charge in [-0.3, -0.25) is 4.90 Å². The van der Waals surface area contributed by atoms with Crippen molar-refractivity contribution in [3.05, 3.63) is 93.9 Å². The summed E-state index contributed by atoms with van der Waals surface area (Å²) in [5, 5.41) is 9.23. The molecule has 4 aromatic rings. The molecule has 2 aromatic carbocycles. The summed E-state index contributed by atoms with van der Waals surface area (Å²) in [5.74, 6) is 1.09. The number of nitrogens with one attached hydrogen (secondary N) is 1. The average molecular weight is 491 g/mol. The van der Waals surface area contributed by atoms with Gasteiger partial charge in [-0.25, -0.2) is 9.18 Å². The molecule has 35 heavy (non-hydrogen) atoms. The summed E-state index contributed by atoms with van der Waals surface area (Å²) in [6.07, 6.45) is 0.720. The maximum Gasteiger partial charge on any atom is 0.322 e. The van der Waals surface area contributed by atoms with Gasteiger partial charge in [0.05, 0.1) is 18.7 Å². The first-order valence-corrected chi connectivity index (χ1v) is 12.0. The first kappa shape index (κ1) is 22.8. The van der Waals surface area contributed by atoms with Crippen LogP contribution in [-0.2, 0) is 6.42 Å². The van der Waals surface area contributed by atoms with E-state index >= 15 is 0 Å². The van der Waals surface area contributed by atoms with E-state index in [4.69, 9.17) is 9.26 Å². The molecule has 2 aromatic heterocycles. The molecular weight excluding hydrogens is 467 g/mol. The first-order chi connectivity index (χ1) is 17.0. The molecule has 3 heterocycles. The van der Waals surface area contributed by atoms with Gasteiger partial charge in [-0.2, -0.15) is 4.98 Å². The molecule has 1 atom stereocenters. The summed E-state index contributed by atoms with van der Waals surface area (Å²) >= 11 is 1.65. The summed E-state index contributed by atoms with van der Waals surface area (Å²) < 4.78 is 24.5. The number of methoxy groups -OCH3 is 1. The lowest BCUT2D eigenvalue weighted by Crippen LogP contribution is -2.46. The number of halogens is 1. The number of thiophene rings is 1. The molecule has 0 saturated carbocycles. The highest BCUT2D eigenvalue weighted by atomic mass is 32.1. The second kappa shape index (κ2) is 9.71. The number of carbonyl (C=O) groups excluding carboxylic acids is 1. The minimum absolute atomic E-state index is 0.230.